The molecule has 0 spiro atoms. The first-order chi connectivity index (χ1) is 22.5. The van der Waals surface area contributed by atoms with Crippen molar-refractivity contribution < 1.29 is 27.7 Å². The van der Waals surface area contributed by atoms with Crippen molar-refractivity contribution in [3.05, 3.63) is 95.6 Å². The van der Waals surface area contributed by atoms with Crippen LogP contribution < -0.4 is 21.4 Å². The molecule has 2 aromatic carbocycles. The molecular formula is C33H40ClN4O7PSi. The van der Waals surface area contributed by atoms with Crippen molar-refractivity contribution in [2.24, 2.45) is 0 Å². The average molecular weight is 699 g/mol. The number of nitrogens with one attached hydrogen (secondary N) is 1. The van der Waals surface area contributed by atoms with E-state index >= 15 is 0 Å². The van der Waals surface area contributed by atoms with Crippen LogP contribution in [0.3, 0.4) is 0 Å². The molecule has 0 saturated carbocycles. The van der Waals surface area contributed by atoms with Crippen molar-refractivity contribution in [3.8, 4) is 6.07 Å². The Labute approximate surface area is 282 Å². The summed E-state index contributed by atoms with van der Waals surface area (Å²) < 4.78 is 31.7. The smallest absolute Gasteiger partial charge is 0.413 e. The van der Waals surface area contributed by atoms with Crippen molar-refractivity contribution in [2.75, 3.05) is 25.1 Å². The zero-order valence-corrected chi connectivity index (χ0v) is 29.6. The molecule has 3 aromatic rings. The minimum atomic E-state index is -2.94. The first kappa shape index (κ1) is 36.4. The lowest BCUT2D eigenvalue weighted by Gasteiger charge is -2.43. The molecule has 1 unspecified atom stereocenters. The molecule has 0 bridgehead atoms. The summed E-state index contributed by atoms with van der Waals surface area (Å²) in [4.78, 5) is 29.4. The predicted molar refractivity (Wildman–Crippen MR) is 184 cm³/mol. The Hall–Kier alpha value is -3.40. The Kier molecular flexibility index (Phi) is 12.9. The quantitative estimate of drug-likeness (QED) is 0.0941. The van der Waals surface area contributed by atoms with Gasteiger partial charge < -0.3 is 22.9 Å². The van der Waals surface area contributed by atoms with E-state index in [9.17, 15) is 9.59 Å². The molecule has 4 rings (SSSR count). The number of aryl methyl sites for hydroxylation is 1. The fourth-order valence-corrected chi connectivity index (χ4v) is 11.4. The number of aromatic nitrogens is 2. The van der Waals surface area contributed by atoms with E-state index in [1.807, 2.05) is 42.5 Å². The van der Waals surface area contributed by atoms with Crippen molar-refractivity contribution >= 4 is 49.6 Å². The highest BCUT2D eigenvalue weighted by Gasteiger charge is 2.51. The average Bonchev–Trinajstić information content (AvgIpc) is 3.44. The Morgan fingerprint density at radius 3 is 2.43 bits per heavy atom. The second kappa shape index (κ2) is 16.6. The van der Waals surface area contributed by atoms with Crippen molar-refractivity contribution in [1.29, 1.82) is 5.26 Å². The number of hydrogen-bond acceptors (Lipinski definition) is 9. The highest BCUT2D eigenvalue weighted by atomic mass is 35.7. The van der Waals surface area contributed by atoms with Gasteiger partial charge in [-0.15, -0.1) is 0 Å². The van der Waals surface area contributed by atoms with E-state index in [-0.39, 0.29) is 43.5 Å². The third-order valence-corrected chi connectivity index (χ3v) is 14.0. The number of halogens is 1. The van der Waals surface area contributed by atoms with Crippen LogP contribution in [0.25, 0.3) is 0 Å². The lowest BCUT2D eigenvalue weighted by Crippen LogP contribution is -2.67. The number of hydrogen-bond donors (Lipinski definition) is 1. The van der Waals surface area contributed by atoms with E-state index in [4.69, 9.17) is 39.4 Å². The van der Waals surface area contributed by atoms with Gasteiger partial charge in [-0.1, -0.05) is 94.1 Å². The van der Waals surface area contributed by atoms with Gasteiger partial charge in [0.2, 0.25) is 0 Å². The number of nitrogens with zero attached hydrogens (tertiary/aromatic N) is 3. The van der Waals surface area contributed by atoms with Gasteiger partial charge in [-0.3, -0.25) is 9.88 Å². The third kappa shape index (κ3) is 8.94. The molecule has 0 aliphatic carbocycles. The molecule has 2 heterocycles. The van der Waals surface area contributed by atoms with E-state index in [1.165, 1.54) is 10.6 Å². The van der Waals surface area contributed by atoms with E-state index in [0.717, 1.165) is 10.4 Å². The summed E-state index contributed by atoms with van der Waals surface area (Å²) in [5, 5.41) is 13.3. The molecule has 1 fully saturated rings. The topological polar surface area (TPSA) is 134 Å². The van der Waals surface area contributed by atoms with Crippen LogP contribution in [0.15, 0.2) is 84.3 Å². The van der Waals surface area contributed by atoms with Crippen LogP contribution in [0.1, 0.15) is 45.4 Å². The van der Waals surface area contributed by atoms with Gasteiger partial charge in [0.25, 0.3) is 16.0 Å². The van der Waals surface area contributed by atoms with Gasteiger partial charge in [-0.2, -0.15) is 10.2 Å². The summed E-state index contributed by atoms with van der Waals surface area (Å²) in [5.41, 5.74) is -0.113. The summed E-state index contributed by atoms with van der Waals surface area (Å²) in [6.45, 7) is 12.1. The lowest BCUT2D eigenvalue weighted by atomic mass is 10.2. The molecule has 1 amide bonds. The second-order valence-electron chi connectivity index (χ2n) is 11.9. The molecule has 1 saturated heterocycles. The largest absolute Gasteiger partial charge is 0.445 e. The van der Waals surface area contributed by atoms with Gasteiger partial charge in [0.15, 0.2) is 0 Å². The standard InChI is InChI=1S/C33H40ClN4O7PSi/c1-6-19-41-32(40)37-30-24(2)22-38(31(39)36-30)29-21-27(45-46(34)42-20-13-18-35)28(44-29)23-43-47(33(3,4)5,25-14-9-7-10-15-25)26-16-11-8-12-17-26/h6-12,14-17,22,27-29H,1,13,19-21,23H2,2-5H3,(H,36,37,39,40)/t27-,28+,29+,46?/m0/s1. The fourth-order valence-electron chi connectivity index (χ4n) is 5.57. The van der Waals surface area contributed by atoms with Crippen LogP contribution in [0, 0.1) is 18.3 Å². The van der Waals surface area contributed by atoms with Crippen LogP contribution in [0.2, 0.25) is 5.04 Å². The highest BCUT2D eigenvalue weighted by Crippen LogP contribution is 2.49. The van der Waals surface area contributed by atoms with Gasteiger partial charge in [0.1, 0.15) is 24.8 Å². The number of ether oxygens (including phenoxy) is 2. The maximum Gasteiger partial charge on any atom is 0.413 e. The van der Waals surface area contributed by atoms with Crippen molar-refractivity contribution in [3.63, 3.8) is 0 Å². The fraction of sp³-hybridized carbons (Fsp3) is 0.394. The summed E-state index contributed by atoms with van der Waals surface area (Å²) in [5.74, 6) is 0.0767. The SMILES string of the molecule is C=CCOC(=O)Nc1nc(=O)n([C@H]2C[C@H](OP(Cl)OCCC#N)[C@@H](CO[Si](c3ccccc3)(c3ccccc3)C(C)(C)C)O2)cc1C. The van der Waals surface area contributed by atoms with Gasteiger partial charge in [0.05, 0.1) is 31.8 Å². The van der Waals surface area contributed by atoms with Crippen molar-refractivity contribution in [1.82, 2.24) is 9.55 Å². The van der Waals surface area contributed by atoms with Gasteiger partial charge >= 0.3 is 11.8 Å². The molecule has 11 nitrogen and oxygen atoms in total. The Balaban J connectivity index is 1.65. The zero-order chi connectivity index (χ0) is 34.0. The van der Waals surface area contributed by atoms with Crippen LogP contribution in [0.4, 0.5) is 10.6 Å². The minimum absolute atomic E-state index is 0.0138. The molecule has 1 aromatic heterocycles. The first-order valence-electron chi connectivity index (χ1n) is 15.2. The van der Waals surface area contributed by atoms with E-state index in [0.29, 0.717) is 5.56 Å². The summed E-state index contributed by atoms with van der Waals surface area (Å²) in [6.07, 6.45) is 0.647. The number of carbonyl (C=O) groups excluding carboxylic acids is 1. The summed E-state index contributed by atoms with van der Waals surface area (Å²) in [7, 11) is -4.81. The number of benzene rings is 2. The monoisotopic (exact) mass is 698 g/mol. The summed E-state index contributed by atoms with van der Waals surface area (Å²) in [6, 6.07) is 22.5. The minimum Gasteiger partial charge on any atom is -0.445 e. The van der Waals surface area contributed by atoms with Gasteiger partial charge in [0, 0.05) is 18.2 Å². The molecule has 0 radical (unpaired) electrons. The molecular weight excluding hydrogens is 659 g/mol. The van der Waals surface area contributed by atoms with Crippen molar-refractivity contribution in [2.45, 2.75) is 64.0 Å². The van der Waals surface area contributed by atoms with Crippen LogP contribution in [-0.2, 0) is 22.9 Å². The molecule has 1 aliphatic rings. The van der Waals surface area contributed by atoms with Gasteiger partial charge in [-0.05, 0) is 33.6 Å². The lowest BCUT2D eigenvalue weighted by molar-refractivity contribution is -0.0387. The normalized spacial score (nSPS) is 18.7. The first-order valence-corrected chi connectivity index (χ1v) is 19.2. The van der Waals surface area contributed by atoms with E-state index in [1.54, 1.807) is 13.1 Å². The van der Waals surface area contributed by atoms with Crippen LogP contribution in [-0.4, -0.2) is 56.0 Å². The number of rotatable bonds is 14. The third-order valence-electron chi connectivity index (χ3n) is 7.68. The maximum atomic E-state index is 13.2. The molecule has 1 aliphatic heterocycles. The Bertz CT molecular complexity index is 1560. The molecule has 1 N–H and O–H groups in total. The zero-order valence-electron chi connectivity index (χ0n) is 26.9. The van der Waals surface area contributed by atoms with Gasteiger partial charge in [-0.25, -0.2) is 9.59 Å². The molecule has 14 heteroatoms. The maximum absolute atomic E-state index is 13.2. The second-order valence-corrected chi connectivity index (χ2v) is 17.9. The predicted octanol–water partition coefficient (Wildman–Crippen LogP) is 5.93. The van der Waals surface area contributed by atoms with E-state index < -0.39 is 46.3 Å². The number of amides is 1. The number of anilines is 1. The molecule has 4 atom stereocenters. The Morgan fingerprint density at radius 2 is 1.85 bits per heavy atom. The van der Waals surface area contributed by atoms with E-state index in [2.05, 4.69) is 61.9 Å². The van der Waals surface area contributed by atoms with Crippen LogP contribution in [0.5, 0.6) is 0 Å². The highest BCUT2D eigenvalue weighted by molar-refractivity contribution is 7.76. The summed E-state index contributed by atoms with van der Waals surface area (Å²) >= 11 is 6.46. The van der Waals surface area contributed by atoms with Crippen LogP contribution >= 0.6 is 19.0 Å². The Morgan fingerprint density at radius 1 is 1.21 bits per heavy atom. The number of carbonyl (C=O) groups is 1. The molecule has 250 valence electrons. The number of nitriles is 1. The molecule has 47 heavy (non-hydrogen) atoms.